The minimum Gasteiger partial charge on any atom is -0.508 e. The van der Waals surface area contributed by atoms with Crippen molar-refractivity contribution < 1.29 is 29.6 Å². The van der Waals surface area contributed by atoms with Crippen LogP contribution in [0.25, 0.3) is 0 Å². The number of hydrogen-bond donors (Lipinski definition) is 3. The number of ether oxygens (including phenoxy) is 1. The van der Waals surface area contributed by atoms with Crippen LogP contribution in [0.4, 0.5) is 0 Å². The first-order valence-electron chi connectivity index (χ1n) is 12.0. The summed E-state index contributed by atoms with van der Waals surface area (Å²) in [6, 6.07) is 11.3. The van der Waals surface area contributed by atoms with Gasteiger partial charge in [0.1, 0.15) is 11.5 Å². The molecule has 0 radical (unpaired) electrons. The van der Waals surface area contributed by atoms with Gasteiger partial charge in [-0.15, -0.1) is 0 Å². The molecule has 0 saturated heterocycles. The van der Waals surface area contributed by atoms with Crippen molar-refractivity contribution >= 4 is 11.9 Å². The largest absolute Gasteiger partial charge is 0.508 e. The monoisotopic (exact) mass is 474 g/mol. The molecule has 0 fully saturated rings. The average molecular weight is 475 g/mol. The number of carbonyl (C=O) groups is 2. The summed E-state index contributed by atoms with van der Waals surface area (Å²) < 4.78 is 6.38. The summed E-state index contributed by atoms with van der Waals surface area (Å²) in [6.07, 6.45) is 2.33. The molecule has 0 spiro atoms. The normalized spacial score (nSPS) is 14.0. The van der Waals surface area contributed by atoms with Crippen molar-refractivity contribution in [1.82, 2.24) is 0 Å². The number of fused-ring (bicyclic) bond motifs is 1. The maximum Gasteiger partial charge on any atom is 0.340 e. The van der Waals surface area contributed by atoms with Crippen molar-refractivity contribution in [2.45, 2.75) is 59.0 Å². The molecule has 0 saturated carbocycles. The van der Waals surface area contributed by atoms with Crippen molar-refractivity contribution in [3.63, 3.8) is 0 Å². The van der Waals surface area contributed by atoms with Crippen LogP contribution >= 0.6 is 0 Å². The van der Waals surface area contributed by atoms with Crippen LogP contribution in [0.2, 0.25) is 0 Å². The predicted molar refractivity (Wildman–Crippen MR) is 132 cm³/mol. The second-order valence-corrected chi connectivity index (χ2v) is 8.83. The zero-order valence-corrected chi connectivity index (χ0v) is 20.4. The van der Waals surface area contributed by atoms with Gasteiger partial charge in [-0.1, -0.05) is 33.8 Å². The minimum atomic E-state index is -1.35. The Labute approximate surface area is 204 Å². The first-order valence-corrected chi connectivity index (χ1v) is 12.0. The van der Waals surface area contributed by atoms with Crippen LogP contribution in [-0.2, 0) is 36.0 Å². The van der Waals surface area contributed by atoms with Crippen LogP contribution in [0.15, 0.2) is 42.5 Å². The van der Waals surface area contributed by atoms with Gasteiger partial charge >= 0.3 is 11.9 Å². The Hall–Kier alpha value is -3.80. The highest BCUT2D eigenvalue weighted by Crippen LogP contribution is 2.52. The number of aromatic carboxylic acids is 1. The number of hydrogen-bond acceptors (Lipinski definition) is 5. The number of carboxylic acid groups (broad SMARTS) is 1. The van der Waals surface area contributed by atoms with Crippen molar-refractivity contribution in [2.24, 2.45) is 0 Å². The van der Waals surface area contributed by atoms with E-state index in [0.717, 1.165) is 33.4 Å². The minimum absolute atomic E-state index is 0.00534. The van der Waals surface area contributed by atoms with Gasteiger partial charge < -0.3 is 20.1 Å². The highest BCUT2D eigenvalue weighted by molar-refractivity contribution is 6.00. The number of cyclic esters (lactones) is 1. The molecule has 4 rings (SSSR count). The summed E-state index contributed by atoms with van der Waals surface area (Å²) in [5, 5.41) is 30.5. The molecule has 35 heavy (non-hydrogen) atoms. The lowest BCUT2D eigenvalue weighted by atomic mass is 9.71. The number of esters is 1. The van der Waals surface area contributed by atoms with E-state index >= 15 is 0 Å². The zero-order chi connectivity index (χ0) is 25.5. The molecule has 3 N–H and O–H groups in total. The summed E-state index contributed by atoms with van der Waals surface area (Å²) in [4.78, 5) is 25.1. The third kappa shape index (κ3) is 3.73. The van der Waals surface area contributed by atoms with Crippen LogP contribution in [0, 0.1) is 0 Å². The van der Waals surface area contributed by atoms with Gasteiger partial charge in [-0.05, 0) is 84.3 Å². The van der Waals surface area contributed by atoms with Crippen LogP contribution in [0.1, 0.15) is 87.4 Å². The molecular formula is C29H30O6. The molecule has 0 bridgehead atoms. The lowest BCUT2D eigenvalue weighted by Gasteiger charge is -2.37. The SMILES string of the molecule is CCc1cc(O)cc(CC)c1C1(c2c(CC)cc(O)cc2CC)OC(=O)c2cc(C(=O)O)ccc21. The topological polar surface area (TPSA) is 104 Å². The van der Waals surface area contributed by atoms with Gasteiger partial charge in [0.2, 0.25) is 0 Å². The predicted octanol–water partition coefficient (Wildman–Crippen LogP) is 5.51. The summed E-state index contributed by atoms with van der Waals surface area (Å²) in [5.41, 5.74) is 4.34. The van der Waals surface area contributed by atoms with E-state index < -0.39 is 17.5 Å². The van der Waals surface area contributed by atoms with Gasteiger partial charge in [-0.3, -0.25) is 0 Å². The summed E-state index contributed by atoms with van der Waals surface area (Å²) in [6.45, 7) is 7.92. The van der Waals surface area contributed by atoms with Gasteiger partial charge in [-0.2, -0.15) is 0 Å². The van der Waals surface area contributed by atoms with E-state index in [0.29, 0.717) is 31.2 Å². The number of phenolic OH excluding ortho intramolecular Hbond substituents is 2. The summed E-state index contributed by atoms with van der Waals surface area (Å²) in [5.74, 6) is -1.45. The Balaban J connectivity index is 2.24. The van der Waals surface area contributed by atoms with Gasteiger partial charge in [0.15, 0.2) is 5.60 Å². The molecule has 6 heteroatoms. The van der Waals surface area contributed by atoms with Gasteiger partial charge in [0, 0.05) is 16.7 Å². The van der Waals surface area contributed by atoms with E-state index in [1.165, 1.54) is 12.1 Å². The number of rotatable bonds is 7. The Morgan fingerprint density at radius 2 is 1.20 bits per heavy atom. The van der Waals surface area contributed by atoms with E-state index in [9.17, 15) is 24.9 Å². The maximum atomic E-state index is 13.4. The van der Waals surface area contributed by atoms with E-state index in [-0.39, 0.29) is 22.6 Å². The Morgan fingerprint density at radius 3 is 1.57 bits per heavy atom. The molecule has 3 aromatic carbocycles. The molecule has 6 nitrogen and oxygen atoms in total. The molecule has 0 amide bonds. The number of carboxylic acids is 1. The fourth-order valence-electron chi connectivity index (χ4n) is 5.42. The number of phenols is 2. The van der Waals surface area contributed by atoms with Gasteiger partial charge in [0.25, 0.3) is 0 Å². The van der Waals surface area contributed by atoms with E-state index in [2.05, 4.69) is 0 Å². The molecule has 0 atom stereocenters. The molecule has 0 aromatic heterocycles. The van der Waals surface area contributed by atoms with Crippen molar-refractivity contribution in [2.75, 3.05) is 0 Å². The van der Waals surface area contributed by atoms with E-state index in [1.807, 2.05) is 27.7 Å². The number of aromatic hydroxyl groups is 2. The Morgan fingerprint density at radius 1 is 0.771 bits per heavy atom. The van der Waals surface area contributed by atoms with Crippen molar-refractivity contribution in [3.05, 3.63) is 92.5 Å². The molecule has 1 heterocycles. The van der Waals surface area contributed by atoms with Crippen LogP contribution in [0.3, 0.4) is 0 Å². The molecular weight excluding hydrogens is 444 g/mol. The Bertz CT molecular complexity index is 1230. The summed E-state index contributed by atoms with van der Waals surface area (Å²) >= 11 is 0. The quantitative estimate of drug-likeness (QED) is 0.390. The lowest BCUT2D eigenvalue weighted by molar-refractivity contribution is 0.0242. The third-order valence-electron chi connectivity index (χ3n) is 6.91. The molecule has 1 aliphatic heterocycles. The third-order valence-corrected chi connectivity index (χ3v) is 6.91. The highest BCUT2D eigenvalue weighted by atomic mass is 16.6. The second kappa shape index (κ2) is 9.10. The summed E-state index contributed by atoms with van der Waals surface area (Å²) in [7, 11) is 0. The molecule has 182 valence electrons. The fourth-order valence-corrected chi connectivity index (χ4v) is 5.42. The number of aryl methyl sites for hydroxylation is 4. The molecule has 3 aromatic rings. The molecule has 0 aliphatic carbocycles. The van der Waals surface area contributed by atoms with Gasteiger partial charge in [-0.25, -0.2) is 9.59 Å². The van der Waals surface area contributed by atoms with Crippen LogP contribution in [0.5, 0.6) is 11.5 Å². The van der Waals surface area contributed by atoms with Crippen LogP contribution < -0.4 is 0 Å². The van der Waals surface area contributed by atoms with Gasteiger partial charge in [0.05, 0.1) is 11.1 Å². The smallest absolute Gasteiger partial charge is 0.340 e. The van der Waals surface area contributed by atoms with E-state index in [4.69, 9.17) is 4.74 Å². The second-order valence-electron chi connectivity index (χ2n) is 8.83. The molecule has 0 unspecified atom stereocenters. The number of benzene rings is 3. The first-order chi connectivity index (χ1) is 16.7. The lowest BCUT2D eigenvalue weighted by Crippen LogP contribution is -2.34. The highest BCUT2D eigenvalue weighted by Gasteiger charge is 2.52. The standard InChI is InChI=1S/C29H30O6/c1-5-16-11-21(30)12-17(6-2)25(16)29(26-18(7-3)13-22(31)14-19(26)8-4)24-10-9-20(27(32)33)15-23(24)28(34)35-29/h9-15,30-31H,5-8H2,1-4H3,(H,32,33). The number of carbonyl (C=O) groups excluding carboxylic acids is 1. The van der Waals surface area contributed by atoms with Crippen molar-refractivity contribution in [1.29, 1.82) is 0 Å². The zero-order valence-electron chi connectivity index (χ0n) is 20.4. The fraction of sp³-hybridized carbons (Fsp3) is 0.310. The average Bonchev–Trinajstić information content (AvgIpc) is 3.14. The van der Waals surface area contributed by atoms with Crippen molar-refractivity contribution in [3.8, 4) is 11.5 Å². The van der Waals surface area contributed by atoms with E-state index in [1.54, 1.807) is 30.3 Å². The Kier molecular flexibility index (Phi) is 6.32. The first kappa shape index (κ1) is 24.3. The maximum absolute atomic E-state index is 13.4. The molecule has 1 aliphatic rings. The van der Waals surface area contributed by atoms with Crippen LogP contribution in [-0.4, -0.2) is 27.3 Å².